The van der Waals surface area contributed by atoms with Gasteiger partial charge >= 0.3 is 0 Å². The molecule has 0 atom stereocenters. The smallest absolute Gasteiger partial charge is 0.278 e. The van der Waals surface area contributed by atoms with Gasteiger partial charge in [-0.1, -0.05) is 24.0 Å². The molecule has 0 spiro atoms. The predicted octanol–water partition coefficient (Wildman–Crippen LogP) is 2.98. The number of carbonyl (C=O) groups is 1. The van der Waals surface area contributed by atoms with Crippen molar-refractivity contribution in [3.63, 3.8) is 0 Å². The van der Waals surface area contributed by atoms with Crippen LogP contribution in [0, 0.1) is 18.8 Å². The molecule has 3 rings (SSSR count). The lowest BCUT2D eigenvalue weighted by molar-refractivity contribution is 0.0703. The fraction of sp³-hybridized carbons (Fsp3) is 0.0952. The lowest BCUT2D eigenvalue weighted by Gasteiger charge is -2.13. The molecule has 2 N–H and O–H groups in total. The van der Waals surface area contributed by atoms with Crippen LogP contribution in [0.5, 0.6) is 5.75 Å². The second kappa shape index (κ2) is 8.13. The van der Waals surface area contributed by atoms with E-state index in [1.165, 1.54) is 7.11 Å². The Balaban J connectivity index is 1.97. The second-order valence-corrected chi connectivity index (χ2v) is 5.70. The van der Waals surface area contributed by atoms with Gasteiger partial charge in [-0.2, -0.15) is 0 Å². The first-order valence-corrected chi connectivity index (χ1v) is 8.15. The third kappa shape index (κ3) is 4.11. The largest absolute Gasteiger partial charge is 0.494 e. The molecule has 134 valence electrons. The molecule has 27 heavy (non-hydrogen) atoms. The minimum atomic E-state index is -0.655. The number of rotatable bonds is 3. The van der Waals surface area contributed by atoms with Gasteiger partial charge in [0.05, 0.1) is 12.7 Å². The van der Waals surface area contributed by atoms with Gasteiger partial charge in [0.1, 0.15) is 5.69 Å². The third-order valence-electron chi connectivity index (χ3n) is 3.82. The predicted molar refractivity (Wildman–Crippen MR) is 100 cm³/mol. The number of amides is 1. The van der Waals surface area contributed by atoms with Gasteiger partial charge in [-0.15, -0.1) is 0 Å². The maximum atomic E-state index is 11.9. The number of methoxy groups -OCH3 is 1. The number of benzene rings is 1. The van der Waals surface area contributed by atoms with Crippen molar-refractivity contribution < 1.29 is 14.7 Å². The van der Waals surface area contributed by atoms with Crippen molar-refractivity contribution in [2.24, 2.45) is 0 Å². The van der Waals surface area contributed by atoms with Crippen LogP contribution in [0.15, 0.2) is 54.9 Å². The van der Waals surface area contributed by atoms with Crippen LogP contribution >= 0.6 is 0 Å². The van der Waals surface area contributed by atoms with Crippen molar-refractivity contribution in [2.75, 3.05) is 7.11 Å². The number of hydroxylamine groups is 1. The van der Waals surface area contributed by atoms with Crippen molar-refractivity contribution in [3.05, 3.63) is 77.2 Å². The van der Waals surface area contributed by atoms with Gasteiger partial charge < -0.3 is 4.74 Å². The lowest BCUT2D eigenvalue weighted by atomic mass is 10.0. The fourth-order valence-electron chi connectivity index (χ4n) is 2.59. The summed E-state index contributed by atoms with van der Waals surface area (Å²) in [4.78, 5) is 20.4. The average molecular weight is 359 g/mol. The Morgan fingerprint density at radius 2 is 1.89 bits per heavy atom. The molecular formula is C21H17N3O3. The van der Waals surface area contributed by atoms with E-state index in [4.69, 9.17) is 9.94 Å². The maximum absolute atomic E-state index is 11.9. The minimum absolute atomic E-state index is 0.211. The van der Waals surface area contributed by atoms with Crippen molar-refractivity contribution in [3.8, 4) is 28.8 Å². The molecule has 0 radical (unpaired) electrons. The average Bonchev–Trinajstić information content (AvgIpc) is 2.72. The van der Waals surface area contributed by atoms with E-state index in [-0.39, 0.29) is 5.56 Å². The highest BCUT2D eigenvalue weighted by Gasteiger charge is 2.19. The van der Waals surface area contributed by atoms with Crippen LogP contribution < -0.4 is 10.2 Å². The molecule has 2 aromatic heterocycles. The van der Waals surface area contributed by atoms with Crippen LogP contribution in [-0.2, 0) is 0 Å². The van der Waals surface area contributed by atoms with E-state index >= 15 is 0 Å². The first kappa shape index (κ1) is 18.1. The molecule has 0 saturated heterocycles. The van der Waals surface area contributed by atoms with Gasteiger partial charge in [0.2, 0.25) is 0 Å². The van der Waals surface area contributed by atoms with Gasteiger partial charge in [0.25, 0.3) is 5.91 Å². The summed E-state index contributed by atoms with van der Waals surface area (Å²) >= 11 is 0. The Kier molecular flexibility index (Phi) is 5.45. The number of carbonyl (C=O) groups excluding carboxylic acids is 1. The highest BCUT2D eigenvalue weighted by Crippen LogP contribution is 2.32. The van der Waals surface area contributed by atoms with Gasteiger partial charge in [-0.3, -0.25) is 15.0 Å². The van der Waals surface area contributed by atoms with E-state index < -0.39 is 5.91 Å². The van der Waals surface area contributed by atoms with Gasteiger partial charge in [-0.25, -0.2) is 10.5 Å². The molecular weight excluding hydrogens is 342 g/mol. The van der Waals surface area contributed by atoms with E-state index in [2.05, 4.69) is 21.8 Å². The number of aromatic nitrogens is 2. The highest BCUT2D eigenvalue weighted by molar-refractivity contribution is 5.98. The molecule has 6 nitrogen and oxygen atoms in total. The molecule has 6 heteroatoms. The van der Waals surface area contributed by atoms with E-state index in [1.807, 2.05) is 36.4 Å². The Labute approximate surface area is 156 Å². The van der Waals surface area contributed by atoms with Gasteiger partial charge in [0.15, 0.2) is 5.75 Å². The third-order valence-corrected chi connectivity index (χ3v) is 3.82. The molecule has 0 fully saturated rings. The van der Waals surface area contributed by atoms with Crippen LogP contribution in [0.3, 0.4) is 0 Å². The summed E-state index contributed by atoms with van der Waals surface area (Å²) in [5.41, 5.74) is 5.43. The Morgan fingerprint density at radius 3 is 2.52 bits per heavy atom. The Bertz CT molecular complexity index is 1020. The summed E-state index contributed by atoms with van der Waals surface area (Å²) in [6.45, 7) is 1.77. The van der Waals surface area contributed by atoms with Crippen molar-refractivity contribution in [2.45, 2.75) is 6.92 Å². The highest BCUT2D eigenvalue weighted by atomic mass is 16.5. The Morgan fingerprint density at radius 1 is 1.15 bits per heavy atom. The maximum Gasteiger partial charge on any atom is 0.278 e. The number of pyridine rings is 2. The van der Waals surface area contributed by atoms with E-state index in [0.717, 1.165) is 16.7 Å². The number of nitrogens with one attached hydrogen (secondary N) is 1. The van der Waals surface area contributed by atoms with Crippen LogP contribution in [0.4, 0.5) is 0 Å². The number of aryl methyl sites for hydroxylation is 1. The zero-order chi connectivity index (χ0) is 19.2. The molecule has 0 aliphatic rings. The summed E-state index contributed by atoms with van der Waals surface area (Å²) in [6, 6.07) is 12.7. The van der Waals surface area contributed by atoms with E-state index in [9.17, 15) is 4.79 Å². The summed E-state index contributed by atoms with van der Waals surface area (Å²) in [7, 11) is 1.46. The number of ether oxygens (including phenoxy) is 1. The van der Waals surface area contributed by atoms with Crippen LogP contribution in [0.2, 0.25) is 0 Å². The molecule has 1 amide bonds. The van der Waals surface area contributed by atoms with E-state index in [0.29, 0.717) is 17.1 Å². The Hall–Kier alpha value is -3.69. The quantitative estimate of drug-likeness (QED) is 0.427. The van der Waals surface area contributed by atoms with Crippen LogP contribution in [0.1, 0.15) is 27.2 Å². The molecule has 3 aromatic rings. The molecule has 0 saturated carbocycles. The van der Waals surface area contributed by atoms with Crippen LogP contribution in [0.25, 0.3) is 11.3 Å². The van der Waals surface area contributed by atoms with E-state index in [1.54, 1.807) is 30.9 Å². The lowest BCUT2D eigenvalue weighted by Crippen LogP contribution is -2.20. The fourth-order valence-corrected chi connectivity index (χ4v) is 2.59. The van der Waals surface area contributed by atoms with Crippen molar-refractivity contribution >= 4 is 5.91 Å². The van der Waals surface area contributed by atoms with Gasteiger partial charge in [-0.05, 0) is 37.3 Å². The number of hydrogen-bond acceptors (Lipinski definition) is 5. The first-order valence-electron chi connectivity index (χ1n) is 8.15. The molecule has 0 aliphatic carbocycles. The zero-order valence-electron chi connectivity index (χ0n) is 14.9. The van der Waals surface area contributed by atoms with Crippen LogP contribution in [-0.4, -0.2) is 28.2 Å². The van der Waals surface area contributed by atoms with Crippen molar-refractivity contribution in [1.82, 2.24) is 15.4 Å². The topological polar surface area (TPSA) is 84.3 Å². The summed E-state index contributed by atoms with van der Waals surface area (Å²) in [6.07, 6.45) is 3.41. The standard InChI is InChI=1S/C21H17N3O3/c1-14-12-18(21(25)24-26)20(27-2)19(23-14)17-9-7-15(8-10-17)5-6-16-4-3-11-22-13-16/h3-4,7-13,26H,1-2H3,(H,24,25). The number of hydrogen-bond donors (Lipinski definition) is 2. The molecule has 0 aliphatic heterocycles. The number of nitrogens with zero attached hydrogens (tertiary/aromatic N) is 2. The normalized spacial score (nSPS) is 9.89. The monoisotopic (exact) mass is 359 g/mol. The zero-order valence-corrected chi connectivity index (χ0v) is 14.9. The first-order chi connectivity index (χ1) is 13.1. The molecule has 0 bridgehead atoms. The van der Waals surface area contributed by atoms with Gasteiger partial charge in [0, 0.05) is 34.8 Å². The summed E-state index contributed by atoms with van der Waals surface area (Å²) in [5, 5.41) is 8.95. The summed E-state index contributed by atoms with van der Waals surface area (Å²) in [5.74, 6) is 5.77. The van der Waals surface area contributed by atoms with Crippen molar-refractivity contribution in [1.29, 1.82) is 0 Å². The molecule has 2 heterocycles. The molecule has 1 aromatic carbocycles. The second-order valence-electron chi connectivity index (χ2n) is 5.70. The summed E-state index contributed by atoms with van der Waals surface area (Å²) < 4.78 is 5.38. The molecule has 0 unspecified atom stereocenters. The SMILES string of the molecule is COc1c(C(=O)NO)cc(C)nc1-c1ccc(C#Cc2cccnc2)cc1. The minimum Gasteiger partial charge on any atom is -0.494 e.